The molecule has 142 valence electrons. The molecular weight excluding hydrogens is 387 g/mol. The molecule has 0 aliphatic carbocycles. The maximum absolute atomic E-state index is 13.2. The lowest BCUT2D eigenvalue weighted by atomic mass is 10.1. The van der Waals surface area contributed by atoms with Crippen molar-refractivity contribution in [1.29, 1.82) is 0 Å². The lowest BCUT2D eigenvalue weighted by molar-refractivity contribution is -0.385. The highest BCUT2D eigenvalue weighted by Gasteiger charge is 2.42. The van der Waals surface area contributed by atoms with Gasteiger partial charge < -0.3 is 5.32 Å². The number of nitrogens with one attached hydrogen (secondary N) is 1. The summed E-state index contributed by atoms with van der Waals surface area (Å²) in [5.41, 5.74) is -2.35. The van der Waals surface area contributed by atoms with Gasteiger partial charge in [-0.1, -0.05) is 0 Å². The molecule has 7 nitrogen and oxygen atoms in total. The van der Waals surface area contributed by atoms with E-state index in [-0.39, 0.29) is 31.1 Å². The number of hydrogen-bond acceptors (Lipinski definition) is 5. The molecule has 0 aromatic heterocycles. The second-order valence-corrected chi connectivity index (χ2v) is 7.39. The van der Waals surface area contributed by atoms with Crippen LogP contribution in [0.25, 0.3) is 0 Å². The number of hydrogen-bond donors (Lipinski definition) is 1. The van der Waals surface area contributed by atoms with Crippen molar-refractivity contribution in [2.45, 2.75) is 37.0 Å². The average molecular weight is 404 g/mol. The molecule has 1 heterocycles. The summed E-state index contributed by atoms with van der Waals surface area (Å²) in [6.45, 7) is 3.64. The maximum Gasteiger partial charge on any atom is 0.417 e. The first-order chi connectivity index (χ1) is 11.0. The summed E-state index contributed by atoms with van der Waals surface area (Å²) in [6.07, 6.45) is -5.03. The minimum atomic E-state index is -5.03. The molecule has 0 radical (unpaired) electrons. The van der Waals surface area contributed by atoms with Crippen LogP contribution < -0.4 is 5.32 Å². The molecule has 2 atom stereocenters. The molecule has 12 heteroatoms. The van der Waals surface area contributed by atoms with Gasteiger partial charge in [0.25, 0.3) is 5.69 Å². The predicted molar refractivity (Wildman–Crippen MR) is 86.2 cm³/mol. The van der Waals surface area contributed by atoms with E-state index in [0.29, 0.717) is 12.6 Å². The fourth-order valence-electron chi connectivity index (χ4n) is 2.57. The lowest BCUT2D eigenvalue weighted by Crippen LogP contribution is -2.57. The van der Waals surface area contributed by atoms with Gasteiger partial charge in [0.1, 0.15) is 0 Å². The monoisotopic (exact) mass is 403 g/mol. The van der Waals surface area contributed by atoms with Gasteiger partial charge >= 0.3 is 6.18 Å². The normalized spacial score (nSPS) is 22.3. The molecule has 0 amide bonds. The Hall–Kier alpha value is -1.43. The Morgan fingerprint density at radius 1 is 1.32 bits per heavy atom. The third-order valence-electron chi connectivity index (χ3n) is 4.04. The highest BCUT2D eigenvalue weighted by Crippen LogP contribution is 2.38. The van der Waals surface area contributed by atoms with Gasteiger partial charge in [0.05, 0.1) is 15.4 Å². The molecule has 2 unspecified atom stereocenters. The van der Waals surface area contributed by atoms with Crippen LogP contribution in [0.1, 0.15) is 19.4 Å². The molecule has 1 aromatic rings. The standard InChI is InChI=1S/C13H16F3N3O4S.ClH/c1-8-9(2)18(6-5-17-8)24(22,23)12-4-3-10(19(20)21)7-11(12)13(14,15)16;/h3-4,7-9,17H,5-6H2,1-2H3;1H. The second kappa shape index (κ2) is 7.44. The summed E-state index contributed by atoms with van der Waals surface area (Å²) < 4.78 is 66.2. The Morgan fingerprint density at radius 3 is 2.44 bits per heavy atom. The summed E-state index contributed by atoms with van der Waals surface area (Å²) >= 11 is 0. The van der Waals surface area contributed by atoms with Crippen LogP contribution in [0.4, 0.5) is 18.9 Å². The summed E-state index contributed by atoms with van der Waals surface area (Å²) in [6, 6.07) is 0.873. The number of halogens is 4. The molecule has 1 aliphatic heterocycles. The van der Waals surface area contributed by atoms with Gasteiger partial charge in [-0.25, -0.2) is 8.42 Å². The van der Waals surface area contributed by atoms with Crippen molar-refractivity contribution in [2.24, 2.45) is 0 Å². The van der Waals surface area contributed by atoms with Gasteiger partial charge in [-0.15, -0.1) is 12.4 Å². The number of nitro groups is 1. The van der Waals surface area contributed by atoms with Gasteiger partial charge in [0.2, 0.25) is 10.0 Å². The third kappa shape index (κ3) is 4.22. The molecule has 1 fully saturated rings. The minimum Gasteiger partial charge on any atom is -0.311 e. The van der Waals surface area contributed by atoms with Crippen molar-refractivity contribution in [2.75, 3.05) is 13.1 Å². The first-order valence-corrected chi connectivity index (χ1v) is 8.51. The van der Waals surface area contributed by atoms with E-state index in [1.54, 1.807) is 13.8 Å². The summed E-state index contributed by atoms with van der Waals surface area (Å²) in [7, 11) is -4.45. The molecule has 1 aliphatic rings. The van der Waals surface area contributed by atoms with Gasteiger partial charge in [-0.3, -0.25) is 10.1 Å². The number of nitro benzene ring substituents is 1. The SMILES string of the molecule is CC1NCCN(S(=O)(=O)c2ccc([N+](=O)[O-])cc2C(F)(F)F)C1C.Cl. The van der Waals surface area contributed by atoms with Crippen molar-refractivity contribution in [3.05, 3.63) is 33.9 Å². The summed E-state index contributed by atoms with van der Waals surface area (Å²) in [4.78, 5) is 8.74. The van der Waals surface area contributed by atoms with E-state index in [1.165, 1.54) is 0 Å². The van der Waals surface area contributed by atoms with Gasteiger partial charge in [0, 0.05) is 37.3 Å². The van der Waals surface area contributed by atoms with E-state index in [9.17, 15) is 31.7 Å². The Kier molecular flexibility index (Phi) is 6.43. The van der Waals surface area contributed by atoms with E-state index >= 15 is 0 Å². The Balaban J connectivity index is 0.00000312. The number of benzene rings is 1. The van der Waals surface area contributed by atoms with Gasteiger partial charge in [-0.05, 0) is 19.9 Å². The van der Waals surface area contributed by atoms with Crippen LogP contribution in [0.2, 0.25) is 0 Å². The first-order valence-electron chi connectivity index (χ1n) is 7.07. The average Bonchev–Trinajstić information content (AvgIpc) is 2.48. The Labute approximate surface area is 148 Å². The molecule has 1 aromatic carbocycles. The molecule has 25 heavy (non-hydrogen) atoms. The summed E-state index contributed by atoms with van der Waals surface area (Å²) in [5.74, 6) is 0. The van der Waals surface area contributed by atoms with Crippen molar-refractivity contribution < 1.29 is 26.5 Å². The number of rotatable bonds is 3. The lowest BCUT2D eigenvalue weighted by Gasteiger charge is -2.37. The Bertz CT molecular complexity index is 757. The zero-order valence-corrected chi connectivity index (χ0v) is 14.9. The zero-order chi connectivity index (χ0) is 18.3. The Morgan fingerprint density at radius 2 is 1.92 bits per heavy atom. The number of piperazine rings is 1. The van der Waals surface area contributed by atoms with Crippen LogP contribution in [0.3, 0.4) is 0 Å². The maximum atomic E-state index is 13.2. The first kappa shape index (κ1) is 21.6. The number of non-ortho nitro benzene ring substituents is 1. The van der Waals surface area contributed by atoms with E-state index in [0.717, 1.165) is 10.4 Å². The van der Waals surface area contributed by atoms with Crippen LogP contribution >= 0.6 is 12.4 Å². The van der Waals surface area contributed by atoms with Crippen molar-refractivity contribution in [3.63, 3.8) is 0 Å². The topological polar surface area (TPSA) is 92.6 Å². The molecule has 0 bridgehead atoms. The molecule has 2 rings (SSSR count). The number of nitrogens with zero attached hydrogens (tertiary/aromatic N) is 2. The van der Waals surface area contributed by atoms with Crippen LogP contribution in [0.15, 0.2) is 23.1 Å². The van der Waals surface area contributed by atoms with Crippen LogP contribution in [-0.4, -0.2) is 42.8 Å². The fourth-order valence-corrected chi connectivity index (χ4v) is 4.47. The second-order valence-electron chi connectivity index (χ2n) is 5.53. The van der Waals surface area contributed by atoms with E-state index in [4.69, 9.17) is 0 Å². The smallest absolute Gasteiger partial charge is 0.311 e. The van der Waals surface area contributed by atoms with E-state index < -0.39 is 43.3 Å². The largest absolute Gasteiger partial charge is 0.417 e. The van der Waals surface area contributed by atoms with Crippen LogP contribution in [0.5, 0.6) is 0 Å². The third-order valence-corrected chi connectivity index (χ3v) is 6.09. The fraction of sp³-hybridized carbons (Fsp3) is 0.538. The van der Waals surface area contributed by atoms with Crippen molar-refractivity contribution in [3.8, 4) is 0 Å². The zero-order valence-electron chi connectivity index (χ0n) is 13.3. The van der Waals surface area contributed by atoms with Crippen LogP contribution in [0, 0.1) is 10.1 Å². The number of sulfonamides is 1. The summed E-state index contributed by atoms with van der Waals surface area (Å²) in [5, 5.41) is 13.7. The molecule has 1 saturated heterocycles. The molecular formula is C13H17ClF3N3O4S. The van der Waals surface area contributed by atoms with Crippen molar-refractivity contribution >= 4 is 28.1 Å². The van der Waals surface area contributed by atoms with Crippen molar-refractivity contribution in [1.82, 2.24) is 9.62 Å². The highest BCUT2D eigenvalue weighted by atomic mass is 35.5. The van der Waals surface area contributed by atoms with Gasteiger partial charge in [-0.2, -0.15) is 17.5 Å². The minimum absolute atomic E-state index is 0. The van der Waals surface area contributed by atoms with E-state index in [2.05, 4.69) is 5.32 Å². The quantitative estimate of drug-likeness (QED) is 0.618. The molecule has 0 spiro atoms. The number of alkyl halides is 3. The van der Waals surface area contributed by atoms with Gasteiger partial charge in [0.15, 0.2) is 0 Å². The highest BCUT2D eigenvalue weighted by molar-refractivity contribution is 7.89. The predicted octanol–water partition coefficient (Wildman–Crippen LogP) is 2.41. The molecule has 1 N–H and O–H groups in total. The molecule has 0 saturated carbocycles. The van der Waals surface area contributed by atoms with Crippen LogP contribution in [-0.2, 0) is 16.2 Å². The van der Waals surface area contributed by atoms with E-state index in [1.807, 2.05) is 0 Å².